The minimum absolute atomic E-state index is 0.0815. The molecule has 7 nitrogen and oxygen atoms in total. The number of quaternary nitrogens is 1. The van der Waals surface area contributed by atoms with Crippen molar-refractivity contribution in [1.82, 2.24) is 0 Å². The average molecular weight is 483 g/mol. The first-order valence-electron chi connectivity index (χ1n) is 12.8. The quantitative estimate of drug-likeness (QED) is 0.105. The van der Waals surface area contributed by atoms with E-state index in [1.54, 1.807) is 0 Å². The number of aliphatic hydroxyl groups is 1. The Morgan fingerprint density at radius 3 is 1.69 bits per heavy atom. The van der Waals surface area contributed by atoms with Gasteiger partial charge in [-0.15, -0.1) is 0 Å². The summed E-state index contributed by atoms with van der Waals surface area (Å²) in [5.74, 6) is 0. The summed E-state index contributed by atoms with van der Waals surface area (Å²) in [6.45, 7) is 3.21. The summed E-state index contributed by atoms with van der Waals surface area (Å²) in [4.78, 5) is 9.79. The Hall–Kier alpha value is -0.0100. The molecule has 0 heterocycles. The summed E-state index contributed by atoms with van der Waals surface area (Å²) in [5.41, 5.74) is 0. The van der Waals surface area contributed by atoms with Crippen molar-refractivity contribution in [1.29, 1.82) is 0 Å². The number of unbranched alkanes of at least 4 members (excludes halogenated alkanes) is 13. The van der Waals surface area contributed by atoms with Crippen LogP contribution in [0.2, 0.25) is 0 Å². The fourth-order valence-corrected chi connectivity index (χ4v) is 4.26. The zero-order valence-electron chi connectivity index (χ0n) is 21.4. The number of nitrogens with zero attached hydrogens (tertiary/aromatic N) is 1. The van der Waals surface area contributed by atoms with Crippen molar-refractivity contribution in [2.75, 3.05) is 54.1 Å². The van der Waals surface area contributed by atoms with Crippen molar-refractivity contribution in [3.8, 4) is 0 Å². The minimum Gasteiger partial charge on any atom is -0.394 e. The second kappa shape index (κ2) is 20.4. The molecule has 0 aromatic rings. The van der Waals surface area contributed by atoms with Crippen LogP contribution in [-0.4, -0.2) is 74.7 Å². The van der Waals surface area contributed by atoms with Crippen LogP contribution in [0.5, 0.6) is 0 Å². The topological polar surface area (TPSA) is 85.2 Å². The molecule has 0 bridgehead atoms. The second-order valence-electron chi connectivity index (χ2n) is 9.90. The average Bonchev–Trinajstić information content (AvgIpc) is 2.71. The number of phosphoric ester groups is 1. The fraction of sp³-hybridized carbons (Fsp3) is 1.00. The molecule has 0 spiro atoms. The van der Waals surface area contributed by atoms with E-state index < -0.39 is 13.9 Å². The summed E-state index contributed by atoms with van der Waals surface area (Å²) in [6.07, 6.45) is 17.4. The van der Waals surface area contributed by atoms with Crippen LogP contribution >= 0.6 is 7.82 Å². The standard InChI is InChI=1S/C24H52NO6P/c1-5-6-7-8-9-10-11-12-13-14-15-16-17-18-20-29-23-24(22-26)31-32(27,28)30-21-19-25(2,3)4/h24,26H,5-23H2,1-4H3/p+1. The molecule has 0 aromatic heterocycles. The van der Waals surface area contributed by atoms with Gasteiger partial charge in [0.1, 0.15) is 19.3 Å². The molecule has 2 atom stereocenters. The van der Waals surface area contributed by atoms with E-state index in [1.807, 2.05) is 21.1 Å². The number of hydrogen-bond donors (Lipinski definition) is 2. The predicted octanol–water partition coefficient (Wildman–Crippen LogP) is 5.69. The molecule has 2 unspecified atom stereocenters. The van der Waals surface area contributed by atoms with Crippen molar-refractivity contribution in [3.63, 3.8) is 0 Å². The van der Waals surface area contributed by atoms with Crippen molar-refractivity contribution in [2.45, 2.75) is 103 Å². The molecule has 8 heteroatoms. The first-order chi connectivity index (χ1) is 15.2. The third kappa shape index (κ3) is 23.2. The van der Waals surface area contributed by atoms with Crippen LogP contribution in [0.1, 0.15) is 96.8 Å². The molecule has 0 aliphatic heterocycles. The Labute approximate surface area is 198 Å². The van der Waals surface area contributed by atoms with Gasteiger partial charge in [0.15, 0.2) is 0 Å². The number of rotatable bonds is 24. The lowest BCUT2D eigenvalue weighted by molar-refractivity contribution is -0.870. The van der Waals surface area contributed by atoms with Gasteiger partial charge in [-0.2, -0.15) is 0 Å². The molecule has 194 valence electrons. The zero-order chi connectivity index (χ0) is 24.1. The lowest BCUT2D eigenvalue weighted by Crippen LogP contribution is -2.37. The Bertz CT molecular complexity index is 458. The highest BCUT2D eigenvalue weighted by molar-refractivity contribution is 7.47. The Morgan fingerprint density at radius 2 is 1.25 bits per heavy atom. The van der Waals surface area contributed by atoms with E-state index in [-0.39, 0.29) is 19.8 Å². The fourth-order valence-electron chi connectivity index (χ4n) is 3.38. The normalized spacial score (nSPS) is 15.1. The maximum atomic E-state index is 12.0. The van der Waals surface area contributed by atoms with Gasteiger partial charge in [-0.3, -0.25) is 9.05 Å². The number of hydrogen-bond acceptors (Lipinski definition) is 5. The molecule has 0 radical (unpaired) electrons. The zero-order valence-corrected chi connectivity index (χ0v) is 22.3. The van der Waals surface area contributed by atoms with Gasteiger partial charge < -0.3 is 19.2 Å². The molecule has 2 N–H and O–H groups in total. The second-order valence-corrected chi connectivity index (χ2v) is 11.3. The van der Waals surface area contributed by atoms with Crippen LogP contribution in [0, 0.1) is 0 Å². The number of ether oxygens (including phenoxy) is 1. The molecule has 0 fully saturated rings. The molecule has 0 aliphatic carbocycles. The number of aliphatic hydroxyl groups excluding tert-OH is 1. The molecule has 0 aliphatic rings. The van der Waals surface area contributed by atoms with Gasteiger partial charge in [-0.05, 0) is 6.42 Å². The predicted molar refractivity (Wildman–Crippen MR) is 132 cm³/mol. The summed E-state index contributed by atoms with van der Waals surface area (Å²) >= 11 is 0. The third-order valence-corrected chi connectivity index (χ3v) is 6.52. The third-order valence-electron chi connectivity index (χ3n) is 5.45. The van der Waals surface area contributed by atoms with E-state index in [4.69, 9.17) is 13.8 Å². The van der Waals surface area contributed by atoms with Crippen LogP contribution in [0.4, 0.5) is 0 Å². The molecular formula is C24H53NO6P+. The van der Waals surface area contributed by atoms with Crippen LogP contribution in [0.3, 0.4) is 0 Å². The smallest absolute Gasteiger partial charge is 0.394 e. The minimum atomic E-state index is -4.19. The maximum Gasteiger partial charge on any atom is 0.472 e. The summed E-state index contributed by atoms with van der Waals surface area (Å²) in [5, 5.41) is 9.37. The first-order valence-corrected chi connectivity index (χ1v) is 14.3. The van der Waals surface area contributed by atoms with Crippen LogP contribution in [-0.2, 0) is 18.3 Å². The highest BCUT2D eigenvalue weighted by atomic mass is 31.2. The van der Waals surface area contributed by atoms with E-state index in [9.17, 15) is 14.6 Å². The molecule has 0 amide bonds. The van der Waals surface area contributed by atoms with Gasteiger partial charge >= 0.3 is 7.82 Å². The molecule has 0 aromatic carbocycles. The summed E-state index contributed by atoms with van der Waals surface area (Å²) in [7, 11) is 1.71. The highest BCUT2D eigenvalue weighted by Crippen LogP contribution is 2.44. The van der Waals surface area contributed by atoms with E-state index in [0.717, 1.165) is 12.8 Å². The Morgan fingerprint density at radius 1 is 0.781 bits per heavy atom. The van der Waals surface area contributed by atoms with Gasteiger partial charge in [0.2, 0.25) is 0 Å². The van der Waals surface area contributed by atoms with E-state index in [1.165, 1.54) is 77.0 Å². The van der Waals surface area contributed by atoms with Gasteiger partial charge in [-0.25, -0.2) is 4.57 Å². The van der Waals surface area contributed by atoms with Gasteiger partial charge in [0.25, 0.3) is 0 Å². The lowest BCUT2D eigenvalue weighted by Gasteiger charge is -2.24. The van der Waals surface area contributed by atoms with Crippen LogP contribution in [0.15, 0.2) is 0 Å². The monoisotopic (exact) mass is 482 g/mol. The molecule has 32 heavy (non-hydrogen) atoms. The van der Waals surface area contributed by atoms with Gasteiger partial charge in [0, 0.05) is 6.61 Å². The Kier molecular flexibility index (Phi) is 20.4. The van der Waals surface area contributed by atoms with Crippen molar-refractivity contribution in [3.05, 3.63) is 0 Å². The number of phosphoric acid groups is 1. The summed E-state index contributed by atoms with van der Waals surface area (Å²) in [6, 6.07) is 0. The van der Waals surface area contributed by atoms with E-state index in [2.05, 4.69) is 6.92 Å². The van der Waals surface area contributed by atoms with Crippen LogP contribution < -0.4 is 0 Å². The van der Waals surface area contributed by atoms with Crippen molar-refractivity contribution < 1.29 is 32.8 Å². The highest BCUT2D eigenvalue weighted by Gasteiger charge is 2.27. The maximum absolute atomic E-state index is 12.0. The van der Waals surface area contributed by atoms with Gasteiger partial charge in [0.05, 0.1) is 34.4 Å². The Balaban J connectivity index is 3.55. The van der Waals surface area contributed by atoms with E-state index in [0.29, 0.717) is 17.6 Å². The SMILES string of the molecule is CCCCCCCCCCCCCCCCOCC(CO)OP(=O)(O)OCC[N+](C)(C)C. The van der Waals surface area contributed by atoms with Crippen LogP contribution in [0.25, 0.3) is 0 Å². The molecule has 0 saturated carbocycles. The van der Waals surface area contributed by atoms with Gasteiger partial charge in [-0.1, -0.05) is 90.4 Å². The molecular weight excluding hydrogens is 429 g/mol. The number of likely N-dealkylation sites (N-methyl/N-ethyl adjacent to an activating group) is 1. The molecule has 0 rings (SSSR count). The largest absolute Gasteiger partial charge is 0.472 e. The van der Waals surface area contributed by atoms with Crippen molar-refractivity contribution in [2.24, 2.45) is 0 Å². The van der Waals surface area contributed by atoms with E-state index >= 15 is 0 Å². The lowest BCUT2D eigenvalue weighted by atomic mass is 10.0. The first kappa shape index (κ1) is 32.0. The molecule has 0 saturated heterocycles. The summed E-state index contributed by atoms with van der Waals surface area (Å²) < 4.78 is 28.1. The van der Waals surface area contributed by atoms with Crippen molar-refractivity contribution >= 4 is 7.82 Å².